The maximum atomic E-state index is 6.03. The highest BCUT2D eigenvalue weighted by atomic mass is 16.3. The Hall–Kier alpha value is -7.56. The van der Waals surface area contributed by atoms with Crippen LogP contribution in [0.1, 0.15) is 0 Å². The zero-order valence-corrected chi connectivity index (χ0v) is 30.3. The van der Waals surface area contributed by atoms with Crippen molar-refractivity contribution in [1.82, 2.24) is 14.5 Å². The molecule has 0 aliphatic heterocycles. The summed E-state index contributed by atoms with van der Waals surface area (Å²) in [6.45, 7) is 0. The lowest BCUT2D eigenvalue weighted by molar-refractivity contribution is 0.668. The Morgan fingerprint density at radius 2 is 0.804 bits per heavy atom. The van der Waals surface area contributed by atoms with E-state index in [9.17, 15) is 0 Å². The van der Waals surface area contributed by atoms with Gasteiger partial charge in [-0.15, -0.1) is 0 Å². The van der Waals surface area contributed by atoms with Gasteiger partial charge in [-0.05, 0) is 141 Å². The summed E-state index contributed by atoms with van der Waals surface area (Å²) in [6.07, 6.45) is 3.70. The number of para-hydroxylation sites is 1. The Kier molecular flexibility index (Phi) is 7.46. The predicted octanol–water partition coefficient (Wildman–Crippen LogP) is 13.8. The summed E-state index contributed by atoms with van der Waals surface area (Å²) in [5.41, 5.74) is 18.6. The number of fused-ring (bicyclic) bond motifs is 6. The van der Waals surface area contributed by atoms with E-state index in [4.69, 9.17) is 9.40 Å². The van der Waals surface area contributed by atoms with Crippen molar-refractivity contribution in [3.05, 3.63) is 200 Å². The smallest absolute Gasteiger partial charge is 0.153 e. The molecule has 0 saturated heterocycles. The average molecular weight is 716 g/mol. The van der Waals surface area contributed by atoms with Crippen molar-refractivity contribution in [1.29, 1.82) is 0 Å². The highest BCUT2D eigenvalue weighted by Crippen LogP contribution is 2.37. The minimum Gasteiger partial charge on any atom is -0.454 e. The van der Waals surface area contributed by atoms with Crippen LogP contribution in [0.25, 0.3) is 105 Å². The molecule has 0 bridgehead atoms. The van der Waals surface area contributed by atoms with Crippen LogP contribution in [0.5, 0.6) is 0 Å². The van der Waals surface area contributed by atoms with Crippen LogP contribution in [-0.4, -0.2) is 14.5 Å². The monoisotopic (exact) mass is 715 g/mol. The van der Waals surface area contributed by atoms with Crippen LogP contribution in [0.2, 0.25) is 0 Å². The van der Waals surface area contributed by atoms with E-state index in [0.29, 0.717) is 0 Å². The standard InChI is InChI=1S/C52H33N3O/c1-2-18-44(19-3-1)55-47-24-22-42(32-45(47)51-48(55)20-8-26-53-51)40-16-6-14-38(30-40)36-12-4-10-34(28-36)35-11-5-13-37(29-35)39-15-7-17-41(31-39)43-23-25-49-46(33-43)52-50(56-49)21-9-27-54-52/h1-33H. The number of pyridine rings is 2. The van der Waals surface area contributed by atoms with Crippen molar-refractivity contribution in [2.75, 3.05) is 0 Å². The third-order valence-corrected chi connectivity index (χ3v) is 10.9. The maximum absolute atomic E-state index is 6.03. The van der Waals surface area contributed by atoms with Crippen LogP contribution in [0.15, 0.2) is 205 Å². The summed E-state index contributed by atoms with van der Waals surface area (Å²) in [5, 5.41) is 2.17. The molecule has 0 spiro atoms. The van der Waals surface area contributed by atoms with Crippen LogP contribution in [0, 0.1) is 0 Å². The second kappa shape index (κ2) is 13.1. The third-order valence-electron chi connectivity index (χ3n) is 10.9. The number of rotatable bonds is 6. The molecule has 0 unspecified atom stereocenters. The summed E-state index contributed by atoms with van der Waals surface area (Å²) in [5.74, 6) is 0. The molecule has 4 aromatic heterocycles. The van der Waals surface area contributed by atoms with Crippen LogP contribution in [0.3, 0.4) is 0 Å². The van der Waals surface area contributed by atoms with E-state index in [1.807, 2.05) is 36.7 Å². The molecule has 4 heterocycles. The van der Waals surface area contributed by atoms with Crippen LogP contribution in [-0.2, 0) is 0 Å². The third kappa shape index (κ3) is 5.47. The van der Waals surface area contributed by atoms with Gasteiger partial charge in [0.1, 0.15) is 11.1 Å². The molecule has 0 amide bonds. The second-order valence-corrected chi connectivity index (χ2v) is 14.3. The molecule has 0 aliphatic carbocycles. The van der Waals surface area contributed by atoms with Crippen LogP contribution >= 0.6 is 0 Å². The summed E-state index contributed by atoms with van der Waals surface area (Å²) >= 11 is 0. The molecular weight excluding hydrogens is 683 g/mol. The van der Waals surface area contributed by atoms with Gasteiger partial charge in [-0.25, -0.2) is 0 Å². The maximum Gasteiger partial charge on any atom is 0.153 e. The van der Waals surface area contributed by atoms with Gasteiger partial charge in [0, 0.05) is 28.9 Å². The van der Waals surface area contributed by atoms with E-state index in [1.165, 1.54) is 38.9 Å². The Morgan fingerprint density at radius 3 is 1.38 bits per heavy atom. The predicted molar refractivity (Wildman–Crippen MR) is 231 cm³/mol. The molecule has 7 aromatic carbocycles. The Bertz CT molecular complexity index is 3260. The number of hydrogen-bond donors (Lipinski definition) is 0. The average Bonchev–Trinajstić information content (AvgIpc) is 3.82. The van der Waals surface area contributed by atoms with Crippen molar-refractivity contribution in [3.63, 3.8) is 0 Å². The fourth-order valence-corrected chi connectivity index (χ4v) is 8.16. The van der Waals surface area contributed by atoms with E-state index in [1.54, 1.807) is 0 Å². The molecule has 0 radical (unpaired) electrons. The number of nitrogens with zero attached hydrogens (tertiary/aromatic N) is 3. The second-order valence-electron chi connectivity index (χ2n) is 14.3. The first-order valence-electron chi connectivity index (χ1n) is 18.9. The van der Waals surface area contributed by atoms with Crippen molar-refractivity contribution < 1.29 is 4.42 Å². The number of hydrogen-bond acceptors (Lipinski definition) is 3. The van der Waals surface area contributed by atoms with Crippen molar-refractivity contribution in [2.24, 2.45) is 0 Å². The Balaban J connectivity index is 0.914. The summed E-state index contributed by atoms with van der Waals surface area (Å²) in [7, 11) is 0. The number of furan rings is 1. The van der Waals surface area contributed by atoms with Crippen molar-refractivity contribution in [3.8, 4) is 61.3 Å². The lowest BCUT2D eigenvalue weighted by atomic mass is 9.94. The van der Waals surface area contributed by atoms with Gasteiger partial charge in [-0.2, -0.15) is 0 Å². The molecule has 0 N–H and O–H groups in total. The fraction of sp³-hybridized carbons (Fsp3) is 0. The van der Waals surface area contributed by atoms with E-state index in [-0.39, 0.29) is 0 Å². The molecular formula is C52H33N3O. The van der Waals surface area contributed by atoms with Gasteiger partial charge in [0.05, 0.1) is 16.6 Å². The topological polar surface area (TPSA) is 43.9 Å². The Morgan fingerprint density at radius 1 is 0.321 bits per heavy atom. The van der Waals surface area contributed by atoms with Crippen LogP contribution in [0.4, 0.5) is 0 Å². The van der Waals surface area contributed by atoms with E-state index >= 15 is 0 Å². The number of aromatic nitrogens is 3. The molecule has 4 nitrogen and oxygen atoms in total. The molecule has 262 valence electrons. The first-order chi connectivity index (χ1) is 27.7. The largest absolute Gasteiger partial charge is 0.454 e. The molecule has 0 atom stereocenters. The normalized spacial score (nSPS) is 11.6. The zero-order chi connectivity index (χ0) is 37.0. The van der Waals surface area contributed by atoms with Gasteiger partial charge in [-0.3, -0.25) is 9.97 Å². The van der Waals surface area contributed by atoms with Gasteiger partial charge >= 0.3 is 0 Å². The van der Waals surface area contributed by atoms with Crippen molar-refractivity contribution >= 4 is 44.0 Å². The molecule has 56 heavy (non-hydrogen) atoms. The molecule has 0 saturated carbocycles. The van der Waals surface area contributed by atoms with Gasteiger partial charge in [0.15, 0.2) is 5.58 Å². The summed E-state index contributed by atoms with van der Waals surface area (Å²) in [4.78, 5) is 9.41. The first kappa shape index (κ1) is 31.9. The van der Waals surface area contributed by atoms with Gasteiger partial charge < -0.3 is 8.98 Å². The quantitative estimate of drug-likeness (QED) is 0.172. The van der Waals surface area contributed by atoms with Gasteiger partial charge in [0.25, 0.3) is 0 Å². The number of benzene rings is 7. The minimum atomic E-state index is 0.807. The van der Waals surface area contributed by atoms with E-state index in [0.717, 1.165) is 66.4 Å². The van der Waals surface area contributed by atoms with Crippen LogP contribution < -0.4 is 0 Å². The molecule has 0 aliphatic rings. The zero-order valence-electron chi connectivity index (χ0n) is 30.3. The lowest BCUT2D eigenvalue weighted by Crippen LogP contribution is -1.93. The lowest BCUT2D eigenvalue weighted by Gasteiger charge is -2.11. The highest BCUT2D eigenvalue weighted by Gasteiger charge is 2.15. The highest BCUT2D eigenvalue weighted by molar-refractivity contribution is 6.08. The molecule has 11 rings (SSSR count). The molecule has 4 heteroatoms. The van der Waals surface area contributed by atoms with E-state index in [2.05, 4.69) is 173 Å². The summed E-state index contributed by atoms with van der Waals surface area (Å²) in [6, 6.07) is 66.9. The molecule has 0 fully saturated rings. The Labute approximate surface area is 323 Å². The van der Waals surface area contributed by atoms with Crippen molar-refractivity contribution in [2.45, 2.75) is 0 Å². The van der Waals surface area contributed by atoms with Gasteiger partial charge in [0.2, 0.25) is 0 Å². The summed E-state index contributed by atoms with van der Waals surface area (Å²) < 4.78 is 8.33. The first-order valence-corrected chi connectivity index (χ1v) is 18.9. The van der Waals surface area contributed by atoms with E-state index < -0.39 is 0 Å². The SMILES string of the molecule is c1ccc(-n2c3ccc(-c4cccc(-c5cccc(-c6cccc(-c7cccc(-c8ccc9oc%10cccnc%10c9c8)c7)c6)c5)c4)cc3c3ncccc32)cc1. The minimum absolute atomic E-state index is 0.807. The molecule has 11 aromatic rings. The van der Waals surface area contributed by atoms with Gasteiger partial charge in [-0.1, -0.05) is 103 Å². The fourth-order valence-electron chi connectivity index (χ4n) is 8.16.